The highest BCUT2D eigenvalue weighted by molar-refractivity contribution is 4.64. The Bertz CT molecular complexity index is 106. The first-order valence-electron chi connectivity index (χ1n) is 5.03. The van der Waals surface area contributed by atoms with Crippen molar-refractivity contribution in [3.8, 4) is 0 Å². The molecule has 0 aromatic rings. The van der Waals surface area contributed by atoms with Crippen LogP contribution in [0, 0.1) is 0 Å². The van der Waals surface area contributed by atoms with Gasteiger partial charge >= 0.3 is 0 Å². The highest BCUT2D eigenvalue weighted by Crippen LogP contribution is 2.09. The minimum Gasteiger partial charge on any atom is -0.378 e. The molecule has 2 atom stereocenters. The first kappa shape index (κ1) is 11.9. The molecular formula is C10H23NO. The van der Waals surface area contributed by atoms with Gasteiger partial charge in [0.15, 0.2) is 0 Å². The monoisotopic (exact) mass is 173 g/mol. The van der Waals surface area contributed by atoms with Crippen LogP contribution in [0.2, 0.25) is 0 Å². The van der Waals surface area contributed by atoms with Crippen molar-refractivity contribution in [3.63, 3.8) is 0 Å². The van der Waals surface area contributed by atoms with Crippen molar-refractivity contribution < 1.29 is 5.11 Å². The number of rotatable bonds is 6. The van der Waals surface area contributed by atoms with Crippen molar-refractivity contribution in [2.45, 2.75) is 58.7 Å². The Balaban J connectivity index is 3.67. The summed E-state index contributed by atoms with van der Waals surface area (Å²) < 4.78 is 0. The molecule has 0 rings (SSSR count). The lowest BCUT2D eigenvalue weighted by Gasteiger charge is -2.28. The Labute approximate surface area is 76.6 Å². The minimum atomic E-state index is -0.267. The number of hydrogen-bond acceptors (Lipinski definition) is 2. The first-order valence-corrected chi connectivity index (χ1v) is 5.03. The molecule has 0 aromatic heterocycles. The van der Waals surface area contributed by atoms with E-state index in [2.05, 4.69) is 18.7 Å². The van der Waals surface area contributed by atoms with Crippen LogP contribution in [-0.2, 0) is 0 Å². The SMILES string of the molecule is CCCCC(C)N(C)C(O)CC. The number of aliphatic hydroxyl groups is 1. The Morgan fingerprint density at radius 3 is 2.33 bits per heavy atom. The lowest BCUT2D eigenvalue weighted by molar-refractivity contribution is -0.00621. The zero-order valence-electron chi connectivity index (χ0n) is 8.88. The lowest BCUT2D eigenvalue weighted by atomic mass is 10.1. The zero-order chi connectivity index (χ0) is 9.56. The third kappa shape index (κ3) is 4.07. The molecule has 12 heavy (non-hydrogen) atoms. The molecule has 0 saturated carbocycles. The standard InChI is InChI=1S/C10H23NO/c1-5-7-8-9(3)11(4)10(12)6-2/h9-10,12H,5-8H2,1-4H3. The van der Waals surface area contributed by atoms with E-state index in [1.54, 1.807) is 0 Å². The number of nitrogens with zero attached hydrogens (tertiary/aromatic N) is 1. The van der Waals surface area contributed by atoms with E-state index in [1.807, 2.05) is 14.0 Å². The summed E-state index contributed by atoms with van der Waals surface area (Å²) in [4.78, 5) is 2.05. The molecule has 2 unspecified atom stereocenters. The van der Waals surface area contributed by atoms with Crippen molar-refractivity contribution in [2.75, 3.05) is 7.05 Å². The van der Waals surface area contributed by atoms with E-state index in [9.17, 15) is 5.11 Å². The fourth-order valence-electron chi connectivity index (χ4n) is 1.28. The van der Waals surface area contributed by atoms with Crippen molar-refractivity contribution in [1.82, 2.24) is 4.90 Å². The molecule has 0 aliphatic heterocycles. The summed E-state index contributed by atoms with van der Waals surface area (Å²) in [5, 5.41) is 9.52. The maximum atomic E-state index is 9.52. The van der Waals surface area contributed by atoms with Gasteiger partial charge < -0.3 is 5.11 Å². The smallest absolute Gasteiger partial charge is 0.107 e. The summed E-state index contributed by atoms with van der Waals surface area (Å²) in [6, 6.07) is 0.500. The van der Waals surface area contributed by atoms with E-state index in [4.69, 9.17) is 0 Å². The Morgan fingerprint density at radius 1 is 1.33 bits per heavy atom. The molecule has 1 N–H and O–H groups in total. The Kier molecular flexibility index (Phi) is 6.39. The van der Waals surface area contributed by atoms with Crippen LogP contribution in [0.4, 0.5) is 0 Å². The van der Waals surface area contributed by atoms with E-state index in [0.29, 0.717) is 6.04 Å². The van der Waals surface area contributed by atoms with Gasteiger partial charge in [-0.15, -0.1) is 0 Å². The molecule has 0 aliphatic rings. The van der Waals surface area contributed by atoms with Gasteiger partial charge in [0.1, 0.15) is 6.23 Å². The van der Waals surface area contributed by atoms with E-state index in [0.717, 1.165) is 6.42 Å². The average Bonchev–Trinajstić information content (AvgIpc) is 2.11. The topological polar surface area (TPSA) is 23.5 Å². The van der Waals surface area contributed by atoms with Gasteiger partial charge in [-0.2, -0.15) is 0 Å². The molecule has 2 nitrogen and oxygen atoms in total. The van der Waals surface area contributed by atoms with Gasteiger partial charge in [-0.3, -0.25) is 4.90 Å². The van der Waals surface area contributed by atoms with Crippen molar-refractivity contribution in [1.29, 1.82) is 0 Å². The normalized spacial score (nSPS) is 16.5. The lowest BCUT2D eigenvalue weighted by Crippen LogP contribution is -2.38. The second-order valence-electron chi connectivity index (χ2n) is 3.55. The van der Waals surface area contributed by atoms with E-state index < -0.39 is 0 Å². The summed E-state index contributed by atoms with van der Waals surface area (Å²) in [7, 11) is 1.99. The van der Waals surface area contributed by atoms with Crippen LogP contribution in [0.3, 0.4) is 0 Å². The average molecular weight is 173 g/mol. The molecular weight excluding hydrogens is 150 g/mol. The van der Waals surface area contributed by atoms with E-state index in [-0.39, 0.29) is 6.23 Å². The Hall–Kier alpha value is -0.0800. The molecule has 0 bridgehead atoms. The Morgan fingerprint density at radius 2 is 1.92 bits per heavy atom. The zero-order valence-corrected chi connectivity index (χ0v) is 8.88. The van der Waals surface area contributed by atoms with Crippen molar-refractivity contribution in [2.24, 2.45) is 0 Å². The molecule has 2 heteroatoms. The predicted octanol–water partition coefficient (Wildman–Crippen LogP) is 2.23. The molecule has 0 fully saturated rings. The summed E-state index contributed by atoms with van der Waals surface area (Å²) in [6.45, 7) is 6.38. The van der Waals surface area contributed by atoms with E-state index in [1.165, 1.54) is 19.3 Å². The van der Waals surface area contributed by atoms with Gasteiger partial charge in [-0.05, 0) is 26.8 Å². The molecule has 0 heterocycles. The maximum Gasteiger partial charge on any atom is 0.107 e. The molecule has 0 saturated heterocycles. The maximum absolute atomic E-state index is 9.52. The molecule has 0 aliphatic carbocycles. The summed E-state index contributed by atoms with van der Waals surface area (Å²) in [5.74, 6) is 0. The van der Waals surface area contributed by atoms with Gasteiger partial charge in [-0.1, -0.05) is 26.7 Å². The largest absolute Gasteiger partial charge is 0.378 e. The summed E-state index contributed by atoms with van der Waals surface area (Å²) in [5.41, 5.74) is 0. The van der Waals surface area contributed by atoms with Crippen LogP contribution in [0.5, 0.6) is 0 Å². The molecule has 74 valence electrons. The number of hydrogen-bond donors (Lipinski definition) is 1. The third-order valence-corrected chi connectivity index (χ3v) is 2.51. The van der Waals surface area contributed by atoms with Gasteiger partial charge in [0.25, 0.3) is 0 Å². The van der Waals surface area contributed by atoms with Crippen LogP contribution >= 0.6 is 0 Å². The second kappa shape index (κ2) is 6.44. The first-order chi connectivity index (χ1) is 5.63. The minimum absolute atomic E-state index is 0.267. The molecule has 0 radical (unpaired) electrons. The van der Waals surface area contributed by atoms with Gasteiger partial charge in [0.05, 0.1) is 0 Å². The van der Waals surface area contributed by atoms with Crippen LogP contribution in [0.1, 0.15) is 46.5 Å². The summed E-state index contributed by atoms with van der Waals surface area (Å²) in [6.07, 6.45) is 4.22. The number of unbranched alkanes of at least 4 members (excludes halogenated alkanes) is 1. The predicted molar refractivity (Wildman–Crippen MR) is 53.0 cm³/mol. The number of aliphatic hydroxyl groups excluding tert-OH is 1. The van der Waals surface area contributed by atoms with Crippen LogP contribution < -0.4 is 0 Å². The van der Waals surface area contributed by atoms with Gasteiger partial charge in [0, 0.05) is 6.04 Å². The molecule has 0 spiro atoms. The quantitative estimate of drug-likeness (QED) is 0.623. The second-order valence-corrected chi connectivity index (χ2v) is 3.55. The fourth-order valence-corrected chi connectivity index (χ4v) is 1.28. The van der Waals surface area contributed by atoms with Gasteiger partial charge in [-0.25, -0.2) is 0 Å². The van der Waals surface area contributed by atoms with Crippen LogP contribution in [0.15, 0.2) is 0 Å². The fraction of sp³-hybridized carbons (Fsp3) is 1.00. The molecule has 0 aromatic carbocycles. The van der Waals surface area contributed by atoms with E-state index >= 15 is 0 Å². The van der Waals surface area contributed by atoms with Crippen LogP contribution in [0.25, 0.3) is 0 Å². The van der Waals surface area contributed by atoms with Crippen LogP contribution in [-0.4, -0.2) is 29.3 Å². The highest BCUT2D eigenvalue weighted by atomic mass is 16.3. The van der Waals surface area contributed by atoms with Crippen molar-refractivity contribution >= 4 is 0 Å². The summed E-state index contributed by atoms with van der Waals surface area (Å²) >= 11 is 0. The third-order valence-electron chi connectivity index (χ3n) is 2.51. The van der Waals surface area contributed by atoms with Gasteiger partial charge in [0.2, 0.25) is 0 Å². The van der Waals surface area contributed by atoms with Crippen molar-refractivity contribution in [3.05, 3.63) is 0 Å². The molecule has 0 amide bonds. The highest BCUT2D eigenvalue weighted by Gasteiger charge is 2.14.